The maximum absolute atomic E-state index is 12.9. The molecule has 3 unspecified atom stereocenters. The predicted octanol–water partition coefficient (Wildman–Crippen LogP) is 2.99. The van der Waals surface area contributed by atoms with E-state index in [4.69, 9.17) is 18.9 Å². The van der Waals surface area contributed by atoms with Crippen molar-refractivity contribution in [1.29, 1.82) is 0 Å². The molecule has 0 aliphatic rings. The number of carbonyl (C=O) groups excluding carboxylic acids is 2. The van der Waals surface area contributed by atoms with Crippen LogP contribution < -0.4 is 5.09 Å². The van der Waals surface area contributed by atoms with Gasteiger partial charge in [-0.1, -0.05) is 39.5 Å². The van der Waals surface area contributed by atoms with E-state index in [-0.39, 0.29) is 37.0 Å². The van der Waals surface area contributed by atoms with Crippen molar-refractivity contribution in [3.8, 4) is 0 Å². The molecule has 0 rings (SSSR count). The third-order valence-electron chi connectivity index (χ3n) is 3.09. The number of aliphatic hydroxyl groups excluding tert-OH is 1. The number of hydrogen-bond acceptors (Lipinski definition) is 8. The van der Waals surface area contributed by atoms with E-state index >= 15 is 0 Å². The molecule has 0 aromatic heterocycles. The number of aliphatic hydroxyl groups is 1. The van der Waals surface area contributed by atoms with E-state index in [1.807, 2.05) is 20.8 Å². The van der Waals surface area contributed by atoms with Gasteiger partial charge >= 0.3 is 13.7 Å². The van der Waals surface area contributed by atoms with Crippen LogP contribution in [0.5, 0.6) is 0 Å². The lowest BCUT2D eigenvalue weighted by atomic mass is 10.00. The van der Waals surface area contributed by atoms with Crippen molar-refractivity contribution in [1.82, 2.24) is 5.09 Å². The average Bonchev–Trinajstić information content (AvgIpc) is 2.54. The van der Waals surface area contributed by atoms with Crippen molar-refractivity contribution < 1.29 is 33.0 Å². The lowest BCUT2D eigenvalue weighted by Gasteiger charge is -2.24. The van der Waals surface area contributed by atoms with Crippen molar-refractivity contribution in [2.24, 2.45) is 11.3 Å². The Kier molecular flexibility index (Phi) is 12.0. The second-order valence-electron chi connectivity index (χ2n) is 7.64. The molecule has 10 heteroatoms. The Bertz CT molecular complexity index is 522. The third-order valence-corrected chi connectivity index (χ3v) is 6.05. The van der Waals surface area contributed by atoms with Gasteiger partial charge in [-0.2, -0.15) is 0 Å². The van der Waals surface area contributed by atoms with E-state index in [1.54, 1.807) is 20.8 Å². The summed E-state index contributed by atoms with van der Waals surface area (Å²) in [6.07, 6.45) is -0.308. The lowest BCUT2D eigenvalue weighted by molar-refractivity contribution is -0.149. The van der Waals surface area contributed by atoms with E-state index < -0.39 is 25.2 Å². The van der Waals surface area contributed by atoms with Gasteiger partial charge in [0.25, 0.3) is 0 Å². The van der Waals surface area contributed by atoms with E-state index in [0.717, 1.165) is 11.8 Å². The van der Waals surface area contributed by atoms with Crippen molar-refractivity contribution in [2.45, 2.75) is 60.6 Å². The molecule has 8 nitrogen and oxygen atoms in total. The Hall–Kier alpha value is -0.440. The molecule has 0 aromatic carbocycles. The topological polar surface area (TPSA) is 111 Å². The number of ether oxygens (including phenoxy) is 1. The van der Waals surface area contributed by atoms with Gasteiger partial charge < -0.3 is 9.84 Å². The molecule has 0 saturated heterocycles. The van der Waals surface area contributed by atoms with Gasteiger partial charge in [-0.05, 0) is 20.8 Å². The number of carbonyl (C=O) groups is 2. The van der Waals surface area contributed by atoms with Crippen LogP contribution in [-0.2, 0) is 27.9 Å². The SMILES string of the molecule is CC(CO)COP(=O)(NC(C)C(=O)OC(C)C)OCCSC(=O)C(C)(C)C. The summed E-state index contributed by atoms with van der Waals surface area (Å²) in [5.41, 5.74) is -0.477. The maximum Gasteiger partial charge on any atom is 0.406 e. The Morgan fingerprint density at radius 1 is 1.15 bits per heavy atom. The molecule has 0 amide bonds. The molecule has 0 aliphatic heterocycles. The first-order chi connectivity index (χ1) is 12.3. The van der Waals surface area contributed by atoms with Gasteiger partial charge in [0.1, 0.15) is 6.04 Å². The molecular formula is C17H34NO7PS. The van der Waals surface area contributed by atoms with Gasteiger partial charge in [0, 0.05) is 23.7 Å². The zero-order valence-corrected chi connectivity index (χ0v) is 19.0. The lowest BCUT2D eigenvalue weighted by Crippen LogP contribution is -2.36. The molecule has 0 aliphatic carbocycles. The van der Waals surface area contributed by atoms with Crippen LogP contribution in [-0.4, -0.2) is 53.9 Å². The molecule has 3 atom stereocenters. The van der Waals surface area contributed by atoms with Gasteiger partial charge in [0.05, 0.1) is 19.3 Å². The van der Waals surface area contributed by atoms with Crippen LogP contribution in [0.25, 0.3) is 0 Å². The van der Waals surface area contributed by atoms with Crippen molar-refractivity contribution >= 4 is 30.6 Å². The van der Waals surface area contributed by atoms with Crippen LogP contribution in [0.3, 0.4) is 0 Å². The van der Waals surface area contributed by atoms with E-state index in [0.29, 0.717) is 5.75 Å². The van der Waals surface area contributed by atoms with E-state index in [9.17, 15) is 14.2 Å². The highest BCUT2D eigenvalue weighted by atomic mass is 32.2. The average molecular weight is 428 g/mol. The standard InChI is InChI=1S/C17H34NO7PS/c1-12(2)25-15(20)14(4)18-26(22,24-11-13(3)10-19)23-8-9-27-16(21)17(5,6)7/h12-14,19H,8-11H2,1-7H3,(H,18,22). The molecule has 0 spiro atoms. The molecule has 0 saturated carbocycles. The monoisotopic (exact) mass is 427 g/mol. The summed E-state index contributed by atoms with van der Waals surface area (Å²) in [7, 11) is -3.83. The predicted molar refractivity (Wildman–Crippen MR) is 107 cm³/mol. The molecule has 0 aromatic rings. The van der Waals surface area contributed by atoms with Crippen molar-refractivity contribution in [3.63, 3.8) is 0 Å². The quantitative estimate of drug-likeness (QED) is 0.276. The summed E-state index contributed by atoms with van der Waals surface area (Å²) in [5, 5.41) is 11.7. The fourth-order valence-corrected chi connectivity index (χ4v) is 4.02. The number of thioether (sulfide) groups is 1. The van der Waals surface area contributed by atoms with Gasteiger partial charge in [0.15, 0.2) is 5.12 Å². The second-order valence-corrected chi connectivity index (χ2v) is 10.5. The van der Waals surface area contributed by atoms with Crippen molar-refractivity contribution in [3.05, 3.63) is 0 Å². The molecule has 2 N–H and O–H groups in total. The first-order valence-corrected chi connectivity index (χ1v) is 11.5. The molecule has 0 heterocycles. The Balaban J connectivity index is 4.81. The van der Waals surface area contributed by atoms with Gasteiger partial charge in [-0.15, -0.1) is 0 Å². The summed E-state index contributed by atoms with van der Waals surface area (Å²) in [5.74, 6) is -0.533. The van der Waals surface area contributed by atoms with Crippen molar-refractivity contribution in [2.75, 3.05) is 25.6 Å². The smallest absolute Gasteiger partial charge is 0.406 e. The van der Waals surface area contributed by atoms with Gasteiger partial charge in [0.2, 0.25) is 0 Å². The first-order valence-electron chi connectivity index (χ1n) is 8.96. The molecule has 0 radical (unpaired) electrons. The summed E-state index contributed by atoms with van der Waals surface area (Å²) in [6.45, 7) is 11.9. The van der Waals surface area contributed by atoms with Gasteiger partial charge in [-0.3, -0.25) is 18.6 Å². The largest absolute Gasteiger partial charge is 0.462 e. The number of rotatable bonds is 12. The van der Waals surface area contributed by atoms with Crippen LogP contribution in [0, 0.1) is 11.3 Å². The zero-order chi connectivity index (χ0) is 21.3. The second kappa shape index (κ2) is 12.2. The van der Waals surface area contributed by atoms with Crippen LogP contribution >= 0.6 is 19.5 Å². The fourth-order valence-electron chi connectivity index (χ4n) is 1.52. The van der Waals surface area contributed by atoms with E-state index in [1.165, 1.54) is 6.92 Å². The Labute approximate surface area is 166 Å². The number of hydrogen-bond donors (Lipinski definition) is 2. The Morgan fingerprint density at radius 2 is 1.74 bits per heavy atom. The highest BCUT2D eigenvalue weighted by molar-refractivity contribution is 8.13. The minimum Gasteiger partial charge on any atom is -0.462 e. The van der Waals surface area contributed by atoms with Crippen LogP contribution in [0.1, 0.15) is 48.5 Å². The minimum atomic E-state index is -3.83. The number of nitrogens with one attached hydrogen (secondary N) is 1. The highest BCUT2D eigenvalue weighted by Crippen LogP contribution is 2.45. The normalized spacial score (nSPS) is 16.6. The Morgan fingerprint density at radius 3 is 2.22 bits per heavy atom. The summed E-state index contributed by atoms with van der Waals surface area (Å²) in [6, 6.07) is -0.911. The first kappa shape index (κ1) is 26.6. The molecular weight excluding hydrogens is 393 g/mol. The molecule has 27 heavy (non-hydrogen) atoms. The highest BCUT2D eigenvalue weighted by Gasteiger charge is 2.31. The van der Waals surface area contributed by atoms with E-state index in [2.05, 4.69) is 5.09 Å². The molecule has 0 bridgehead atoms. The summed E-state index contributed by atoms with van der Waals surface area (Å²) >= 11 is 1.09. The van der Waals surface area contributed by atoms with Gasteiger partial charge in [-0.25, -0.2) is 9.65 Å². The minimum absolute atomic E-state index is 0.00223. The summed E-state index contributed by atoms with van der Waals surface area (Å²) < 4.78 is 28.7. The van der Waals surface area contributed by atoms with Crippen LogP contribution in [0.15, 0.2) is 0 Å². The number of esters is 1. The molecule has 160 valence electrons. The maximum atomic E-state index is 12.9. The third kappa shape index (κ3) is 11.9. The van der Waals surface area contributed by atoms with Crippen LogP contribution in [0.4, 0.5) is 0 Å². The fraction of sp³-hybridized carbons (Fsp3) is 0.882. The summed E-state index contributed by atoms with van der Waals surface area (Å²) in [4.78, 5) is 23.9. The zero-order valence-electron chi connectivity index (χ0n) is 17.3. The molecule has 0 fully saturated rings. The van der Waals surface area contributed by atoms with Crippen LogP contribution in [0.2, 0.25) is 0 Å².